The van der Waals surface area contributed by atoms with Crippen molar-refractivity contribution in [2.75, 3.05) is 20.2 Å². The van der Waals surface area contributed by atoms with Crippen molar-refractivity contribution in [2.24, 2.45) is 11.8 Å². The highest BCUT2D eigenvalue weighted by Gasteiger charge is 2.29. The topological polar surface area (TPSA) is 50.4 Å². The number of hydrogen-bond donors (Lipinski definition) is 2. The first-order chi connectivity index (χ1) is 9.13. The van der Waals surface area contributed by atoms with Gasteiger partial charge in [-0.1, -0.05) is 24.6 Å². The molecule has 2 rings (SSSR count). The monoisotopic (exact) mass is 282 g/mol. The van der Waals surface area contributed by atoms with Crippen LogP contribution in [-0.2, 0) is 11.3 Å². The van der Waals surface area contributed by atoms with Crippen LogP contribution in [0.2, 0.25) is 5.02 Å². The van der Waals surface area contributed by atoms with Crippen molar-refractivity contribution in [1.82, 2.24) is 10.6 Å². The molecule has 19 heavy (non-hydrogen) atoms. The first-order valence-electron chi connectivity index (χ1n) is 6.43. The molecule has 2 atom stereocenters. The molecule has 5 heteroatoms. The van der Waals surface area contributed by atoms with Crippen molar-refractivity contribution in [1.29, 1.82) is 0 Å². The van der Waals surface area contributed by atoms with E-state index in [9.17, 15) is 4.79 Å². The van der Waals surface area contributed by atoms with Crippen molar-refractivity contribution < 1.29 is 9.53 Å². The molecule has 0 spiro atoms. The number of carbonyl (C=O) groups excluding carboxylic acids is 1. The third kappa shape index (κ3) is 3.19. The minimum absolute atomic E-state index is 0.0356. The number of halogens is 1. The van der Waals surface area contributed by atoms with E-state index in [1.165, 1.54) is 0 Å². The van der Waals surface area contributed by atoms with E-state index >= 15 is 0 Å². The molecule has 2 N–H and O–H groups in total. The van der Waals surface area contributed by atoms with Crippen LogP contribution in [0.15, 0.2) is 18.2 Å². The zero-order chi connectivity index (χ0) is 13.8. The molecule has 0 saturated carbocycles. The van der Waals surface area contributed by atoms with E-state index in [4.69, 9.17) is 16.3 Å². The van der Waals surface area contributed by atoms with Crippen molar-refractivity contribution in [3.05, 3.63) is 28.8 Å². The summed E-state index contributed by atoms with van der Waals surface area (Å²) < 4.78 is 5.26. The Hall–Kier alpha value is -1.26. The molecule has 0 bridgehead atoms. The molecular weight excluding hydrogens is 264 g/mol. The summed E-state index contributed by atoms with van der Waals surface area (Å²) in [5, 5.41) is 6.78. The van der Waals surface area contributed by atoms with Crippen molar-refractivity contribution in [2.45, 2.75) is 13.5 Å². The van der Waals surface area contributed by atoms with E-state index in [2.05, 4.69) is 17.6 Å². The smallest absolute Gasteiger partial charge is 0.224 e. The Morgan fingerprint density at radius 3 is 2.95 bits per heavy atom. The van der Waals surface area contributed by atoms with Crippen molar-refractivity contribution in [3.63, 3.8) is 0 Å². The van der Waals surface area contributed by atoms with Crippen LogP contribution in [-0.4, -0.2) is 26.1 Å². The molecule has 1 saturated heterocycles. The van der Waals surface area contributed by atoms with Crippen molar-refractivity contribution in [3.8, 4) is 5.75 Å². The number of amides is 1. The fraction of sp³-hybridized carbons (Fsp3) is 0.500. The standard InChI is InChI=1S/C14H19ClN2O2/c1-9-6-16-7-10(9)14(18)17-8-11-12(15)4-3-5-13(11)19-2/h3-5,9-10,16H,6-8H2,1-2H3,(H,17,18). The van der Waals surface area contributed by atoms with Crippen LogP contribution in [0.4, 0.5) is 0 Å². The highest BCUT2D eigenvalue weighted by atomic mass is 35.5. The van der Waals surface area contributed by atoms with Gasteiger partial charge in [0.05, 0.1) is 13.0 Å². The molecule has 1 aliphatic rings. The molecular formula is C14H19ClN2O2. The number of nitrogens with one attached hydrogen (secondary N) is 2. The second-order valence-electron chi connectivity index (χ2n) is 4.88. The number of benzene rings is 1. The predicted molar refractivity (Wildman–Crippen MR) is 75.4 cm³/mol. The van der Waals surface area contributed by atoms with Crippen LogP contribution in [0.1, 0.15) is 12.5 Å². The van der Waals surface area contributed by atoms with Crippen LogP contribution in [0.25, 0.3) is 0 Å². The van der Waals surface area contributed by atoms with E-state index in [0.717, 1.165) is 18.7 Å². The number of ether oxygens (including phenoxy) is 1. The first-order valence-corrected chi connectivity index (χ1v) is 6.81. The van der Waals surface area contributed by atoms with Crippen LogP contribution in [0.3, 0.4) is 0 Å². The van der Waals surface area contributed by atoms with Gasteiger partial charge in [0.1, 0.15) is 5.75 Å². The number of rotatable bonds is 4. The number of hydrogen-bond acceptors (Lipinski definition) is 3. The second-order valence-corrected chi connectivity index (χ2v) is 5.29. The average Bonchev–Trinajstić information content (AvgIpc) is 2.83. The molecule has 0 aromatic heterocycles. The molecule has 1 aliphatic heterocycles. The van der Waals surface area contributed by atoms with Gasteiger partial charge in [0.25, 0.3) is 0 Å². The lowest BCUT2D eigenvalue weighted by molar-refractivity contribution is -0.125. The normalized spacial score (nSPS) is 22.3. The van der Waals surface area contributed by atoms with Gasteiger partial charge in [-0.05, 0) is 24.6 Å². The molecule has 1 aromatic rings. The minimum Gasteiger partial charge on any atom is -0.496 e. The van der Waals surface area contributed by atoms with Gasteiger partial charge in [-0.2, -0.15) is 0 Å². The Bertz CT molecular complexity index is 465. The fourth-order valence-electron chi connectivity index (χ4n) is 2.37. The zero-order valence-electron chi connectivity index (χ0n) is 11.2. The summed E-state index contributed by atoms with van der Waals surface area (Å²) in [7, 11) is 1.60. The lowest BCUT2D eigenvalue weighted by Gasteiger charge is -2.16. The van der Waals surface area contributed by atoms with Gasteiger partial charge in [0.2, 0.25) is 5.91 Å². The molecule has 0 aliphatic carbocycles. The summed E-state index contributed by atoms with van der Waals surface area (Å²) in [6.45, 7) is 4.12. The molecule has 0 radical (unpaired) electrons. The first kappa shape index (κ1) is 14.2. The highest BCUT2D eigenvalue weighted by molar-refractivity contribution is 6.31. The van der Waals surface area contributed by atoms with Crippen LogP contribution >= 0.6 is 11.6 Å². The van der Waals surface area contributed by atoms with Gasteiger partial charge in [0, 0.05) is 23.7 Å². The SMILES string of the molecule is COc1cccc(Cl)c1CNC(=O)C1CNCC1C. The Labute approximate surface area is 118 Å². The lowest BCUT2D eigenvalue weighted by Crippen LogP contribution is -2.34. The quantitative estimate of drug-likeness (QED) is 0.886. The molecule has 4 nitrogen and oxygen atoms in total. The summed E-state index contributed by atoms with van der Waals surface area (Å²) >= 11 is 6.14. The Balaban J connectivity index is 2.00. The Kier molecular flexibility index (Phi) is 4.66. The molecule has 1 aromatic carbocycles. The van der Waals surface area contributed by atoms with E-state index in [-0.39, 0.29) is 11.8 Å². The third-order valence-electron chi connectivity index (χ3n) is 3.59. The van der Waals surface area contributed by atoms with Gasteiger partial charge in [-0.3, -0.25) is 4.79 Å². The number of methoxy groups -OCH3 is 1. The molecule has 1 heterocycles. The van der Waals surface area contributed by atoms with E-state index < -0.39 is 0 Å². The lowest BCUT2D eigenvalue weighted by atomic mass is 9.97. The summed E-state index contributed by atoms with van der Waals surface area (Å²) in [4.78, 5) is 12.1. The molecule has 1 amide bonds. The molecule has 1 fully saturated rings. The van der Waals surface area contributed by atoms with Gasteiger partial charge in [-0.15, -0.1) is 0 Å². The van der Waals surface area contributed by atoms with Gasteiger partial charge in [-0.25, -0.2) is 0 Å². The average molecular weight is 283 g/mol. The second kappa shape index (κ2) is 6.26. The summed E-state index contributed by atoms with van der Waals surface area (Å²) in [6, 6.07) is 5.47. The third-order valence-corrected chi connectivity index (χ3v) is 3.94. The van der Waals surface area contributed by atoms with E-state index in [0.29, 0.717) is 23.2 Å². The summed E-state index contributed by atoms with van der Waals surface area (Å²) in [5.74, 6) is 1.17. The van der Waals surface area contributed by atoms with Gasteiger partial charge >= 0.3 is 0 Å². The van der Waals surface area contributed by atoms with Crippen molar-refractivity contribution >= 4 is 17.5 Å². The molecule has 104 valence electrons. The van der Waals surface area contributed by atoms with Gasteiger partial charge < -0.3 is 15.4 Å². The summed E-state index contributed by atoms with van der Waals surface area (Å²) in [6.07, 6.45) is 0. The predicted octanol–water partition coefficient (Wildman–Crippen LogP) is 1.82. The zero-order valence-corrected chi connectivity index (χ0v) is 12.0. The highest BCUT2D eigenvalue weighted by Crippen LogP contribution is 2.26. The largest absolute Gasteiger partial charge is 0.496 e. The van der Waals surface area contributed by atoms with Crippen LogP contribution in [0, 0.1) is 11.8 Å². The maximum Gasteiger partial charge on any atom is 0.224 e. The minimum atomic E-state index is 0.0356. The van der Waals surface area contributed by atoms with Crippen LogP contribution in [0.5, 0.6) is 5.75 Å². The number of carbonyl (C=O) groups is 1. The van der Waals surface area contributed by atoms with Gasteiger partial charge in [0.15, 0.2) is 0 Å². The Morgan fingerprint density at radius 1 is 1.53 bits per heavy atom. The van der Waals surface area contributed by atoms with E-state index in [1.807, 2.05) is 12.1 Å². The van der Waals surface area contributed by atoms with Crippen LogP contribution < -0.4 is 15.4 Å². The maximum absolute atomic E-state index is 12.1. The van der Waals surface area contributed by atoms with E-state index in [1.54, 1.807) is 13.2 Å². The Morgan fingerprint density at radius 2 is 2.32 bits per heavy atom. The molecule has 2 unspecified atom stereocenters. The fourth-order valence-corrected chi connectivity index (χ4v) is 2.60. The summed E-state index contributed by atoms with van der Waals surface area (Å²) in [5.41, 5.74) is 0.818. The maximum atomic E-state index is 12.1.